The van der Waals surface area contributed by atoms with Crippen molar-refractivity contribution in [3.05, 3.63) is 23.8 Å². The Bertz CT molecular complexity index is 499. The molecule has 1 aliphatic rings. The van der Waals surface area contributed by atoms with Crippen molar-refractivity contribution in [2.75, 3.05) is 27.3 Å². The zero-order chi connectivity index (χ0) is 16.5. The largest absolute Gasteiger partial charge is 0.493 e. The standard InChI is InChI=1S/C18H28N2O3/c1-22-16-9-8-14(12-17(16)23-2)10-11-19-18(21)13-20-15-6-4-3-5-7-15/h8-9,12,15,20H,3-7,10-11,13H2,1-2H3,(H,19,21). The number of carbonyl (C=O) groups is 1. The molecule has 0 radical (unpaired) electrons. The van der Waals surface area contributed by atoms with E-state index in [4.69, 9.17) is 9.47 Å². The van der Waals surface area contributed by atoms with Gasteiger partial charge in [-0.25, -0.2) is 0 Å². The fourth-order valence-corrected chi connectivity index (χ4v) is 2.99. The first kappa shape index (κ1) is 17.6. The second-order valence-corrected chi connectivity index (χ2v) is 6.01. The van der Waals surface area contributed by atoms with Crippen molar-refractivity contribution in [1.29, 1.82) is 0 Å². The van der Waals surface area contributed by atoms with Crippen molar-refractivity contribution in [1.82, 2.24) is 10.6 Å². The van der Waals surface area contributed by atoms with Gasteiger partial charge in [-0.05, 0) is 37.0 Å². The van der Waals surface area contributed by atoms with Gasteiger partial charge in [0.1, 0.15) is 0 Å². The quantitative estimate of drug-likeness (QED) is 0.771. The Labute approximate surface area is 138 Å². The van der Waals surface area contributed by atoms with Gasteiger partial charge in [-0.3, -0.25) is 4.79 Å². The summed E-state index contributed by atoms with van der Waals surface area (Å²) in [4.78, 5) is 11.9. The zero-order valence-electron chi connectivity index (χ0n) is 14.2. The van der Waals surface area contributed by atoms with Crippen LogP contribution in [0.4, 0.5) is 0 Å². The summed E-state index contributed by atoms with van der Waals surface area (Å²) in [5, 5.41) is 6.32. The van der Waals surface area contributed by atoms with Crippen molar-refractivity contribution in [2.24, 2.45) is 0 Å². The number of hydrogen-bond donors (Lipinski definition) is 2. The number of methoxy groups -OCH3 is 2. The van der Waals surface area contributed by atoms with Gasteiger partial charge in [-0.1, -0.05) is 25.3 Å². The molecule has 1 aromatic carbocycles. The molecule has 0 heterocycles. The van der Waals surface area contributed by atoms with E-state index in [0.29, 0.717) is 19.1 Å². The van der Waals surface area contributed by atoms with E-state index >= 15 is 0 Å². The number of benzene rings is 1. The van der Waals surface area contributed by atoms with Gasteiger partial charge in [0.2, 0.25) is 5.91 Å². The molecule has 128 valence electrons. The summed E-state index contributed by atoms with van der Waals surface area (Å²) in [6.45, 7) is 1.04. The number of hydrogen-bond acceptors (Lipinski definition) is 4. The topological polar surface area (TPSA) is 59.6 Å². The normalized spacial score (nSPS) is 15.2. The van der Waals surface area contributed by atoms with E-state index in [0.717, 1.165) is 23.5 Å². The van der Waals surface area contributed by atoms with Crippen LogP contribution in [0.3, 0.4) is 0 Å². The molecular formula is C18H28N2O3. The molecule has 0 saturated heterocycles. The van der Waals surface area contributed by atoms with Crippen LogP contribution in [0, 0.1) is 0 Å². The second kappa shape index (κ2) is 9.40. The summed E-state index contributed by atoms with van der Waals surface area (Å²) >= 11 is 0. The van der Waals surface area contributed by atoms with Crippen LogP contribution in [0.1, 0.15) is 37.7 Å². The summed E-state index contributed by atoms with van der Waals surface area (Å²) < 4.78 is 10.5. The molecule has 1 saturated carbocycles. The molecule has 2 N–H and O–H groups in total. The van der Waals surface area contributed by atoms with Crippen LogP contribution in [0.5, 0.6) is 11.5 Å². The van der Waals surface area contributed by atoms with Crippen molar-refractivity contribution in [3.63, 3.8) is 0 Å². The van der Waals surface area contributed by atoms with E-state index in [2.05, 4.69) is 10.6 Å². The summed E-state index contributed by atoms with van der Waals surface area (Å²) in [5.41, 5.74) is 1.11. The molecule has 0 bridgehead atoms. The molecule has 5 heteroatoms. The molecule has 0 atom stereocenters. The number of ether oxygens (including phenoxy) is 2. The SMILES string of the molecule is COc1ccc(CCNC(=O)CNC2CCCCC2)cc1OC. The minimum atomic E-state index is 0.0658. The smallest absolute Gasteiger partial charge is 0.233 e. The lowest BCUT2D eigenvalue weighted by Crippen LogP contribution is -2.40. The van der Waals surface area contributed by atoms with E-state index < -0.39 is 0 Å². The summed E-state index contributed by atoms with van der Waals surface area (Å²) in [6.07, 6.45) is 7.04. The lowest BCUT2D eigenvalue weighted by Gasteiger charge is -2.22. The van der Waals surface area contributed by atoms with Gasteiger partial charge in [-0.15, -0.1) is 0 Å². The summed E-state index contributed by atoms with van der Waals surface area (Å²) in [7, 11) is 3.25. The Hall–Kier alpha value is -1.75. The monoisotopic (exact) mass is 320 g/mol. The highest BCUT2D eigenvalue weighted by atomic mass is 16.5. The van der Waals surface area contributed by atoms with Crippen molar-refractivity contribution in [3.8, 4) is 11.5 Å². The summed E-state index contributed by atoms with van der Waals surface area (Å²) in [5.74, 6) is 1.50. The first-order valence-corrected chi connectivity index (χ1v) is 8.44. The highest BCUT2D eigenvalue weighted by molar-refractivity contribution is 5.78. The Balaban J connectivity index is 1.68. The fourth-order valence-electron chi connectivity index (χ4n) is 2.99. The van der Waals surface area contributed by atoms with Gasteiger partial charge in [0.15, 0.2) is 11.5 Å². The Morgan fingerprint density at radius 1 is 1.13 bits per heavy atom. The third kappa shape index (κ3) is 5.75. The van der Waals surface area contributed by atoms with Crippen LogP contribution in [0.15, 0.2) is 18.2 Å². The van der Waals surface area contributed by atoms with Gasteiger partial charge < -0.3 is 20.1 Å². The second-order valence-electron chi connectivity index (χ2n) is 6.01. The molecule has 5 nitrogen and oxygen atoms in total. The van der Waals surface area contributed by atoms with E-state index in [9.17, 15) is 4.79 Å². The third-order valence-electron chi connectivity index (χ3n) is 4.34. The Kier molecular flexibility index (Phi) is 7.20. The number of carbonyl (C=O) groups excluding carboxylic acids is 1. The first-order chi connectivity index (χ1) is 11.2. The highest BCUT2D eigenvalue weighted by Gasteiger charge is 2.13. The first-order valence-electron chi connectivity index (χ1n) is 8.44. The molecular weight excluding hydrogens is 292 g/mol. The number of amides is 1. The van der Waals surface area contributed by atoms with E-state index in [-0.39, 0.29) is 5.91 Å². The zero-order valence-corrected chi connectivity index (χ0v) is 14.2. The highest BCUT2D eigenvalue weighted by Crippen LogP contribution is 2.27. The lowest BCUT2D eigenvalue weighted by atomic mass is 9.95. The molecule has 0 aromatic heterocycles. The van der Waals surface area contributed by atoms with Crippen LogP contribution in [0.2, 0.25) is 0 Å². The maximum Gasteiger partial charge on any atom is 0.233 e. The third-order valence-corrected chi connectivity index (χ3v) is 4.34. The lowest BCUT2D eigenvalue weighted by molar-refractivity contribution is -0.120. The van der Waals surface area contributed by atoms with Crippen LogP contribution in [-0.4, -0.2) is 39.3 Å². The van der Waals surface area contributed by atoms with Gasteiger partial charge >= 0.3 is 0 Å². The van der Waals surface area contributed by atoms with Gasteiger partial charge in [0, 0.05) is 12.6 Å². The molecule has 2 rings (SSSR count). The molecule has 1 aromatic rings. The van der Waals surface area contributed by atoms with Crippen molar-refractivity contribution < 1.29 is 14.3 Å². The fraction of sp³-hybridized carbons (Fsp3) is 0.611. The number of nitrogens with one attached hydrogen (secondary N) is 2. The van der Waals surface area contributed by atoms with Crippen molar-refractivity contribution in [2.45, 2.75) is 44.6 Å². The van der Waals surface area contributed by atoms with Crippen LogP contribution in [-0.2, 0) is 11.2 Å². The molecule has 0 aliphatic heterocycles. The molecule has 23 heavy (non-hydrogen) atoms. The van der Waals surface area contributed by atoms with Gasteiger partial charge in [0.25, 0.3) is 0 Å². The summed E-state index contributed by atoms with van der Waals surface area (Å²) in [6, 6.07) is 6.35. The van der Waals surface area contributed by atoms with E-state index in [1.807, 2.05) is 18.2 Å². The maximum atomic E-state index is 11.9. The van der Waals surface area contributed by atoms with Crippen LogP contribution in [0.25, 0.3) is 0 Å². The molecule has 1 fully saturated rings. The Morgan fingerprint density at radius 3 is 2.57 bits per heavy atom. The van der Waals surface area contributed by atoms with Crippen LogP contribution >= 0.6 is 0 Å². The minimum absolute atomic E-state index is 0.0658. The van der Waals surface area contributed by atoms with E-state index in [1.165, 1.54) is 32.1 Å². The van der Waals surface area contributed by atoms with E-state index in [1.54, 1.807) is 14.2 Å². The average molecular weight is 320 g/mol. The maximum absolute atomic E-state index is 11.9. The van der Waals surface area contributed by atoms with Gasteiger partial charge in [0.05, 0.1) is 20.8 Å². The van der Waals surface area contributed by atoms with Gasteiger partial charge in [-0.2, -0.15) is 0 Å². The predicted octanol–water partition coefficient (Wildman–Crippen LogP) is 2.28. The molecule has 1 aliphatic carbocycles. The molecule has 1 amide bonds. The molecule has 0 spiro atoms. The van der Waals surface area contributed by atoms with Crippen LogP contribution < -0.4 is 20.1 Å². The van der Waals surface area contributed by atoms with Crippen molar-refractivity contribution >= 4 is 5.91 Å². The molecule has 0 unspecified atom stereocenters. The minimum Gasteiger partial charge on any atom is -0.493 e. The predicted molar refractivity (Wildman–Crippen MR) is 91.1 cm³/mol. The average Bonchev–Trinajstić information content (AvgIpc) is 2.60. The Morgan fingerprint density at radius 2 is 1.87 bits per heavy atom. The number of rotatable bonds is 8.